The van der Waals surface area contributed by atoms with Gasteiger partial charge in [-0.05, 0) is 24.3 Å². The van der Waals surface area contributed by atoms with Gasteiger partial charge in [-0.3, -0.25) is 4.79 Å². The van der Waals surface area contributed by atoms with Gasteiger partial charge in [-0.25, -0.2) is 4.79 Å². The third-order valence-corrected chi connectivity index (χ3v) is 3.17. The largest absolute Gasteiger partial charge is 0.480 e. The maximum absolute atomic E-state index is 12.1. The maximum Gasteiger partial charge on any atom is 0.326 e. The second-order valence-corrected chi connectivity index (χ2v) is 4.64. The minimum atomic E-state index is -1.10. The number of rotatable bonds is 2. The molecule has 0 radical (unpaired) electrons. The number of hydrogen-bond acceptors (Lipinski definition) is 3. The Morgan fingerprint density at radius 3 is 2.44 bits per heavy atom. The van der Waals surface area contributed by atoms with Crippen molar-refractivity contribution >= 4 is 23.5 Å². The van der Waals surface area contributed by atoms with E-state index in [0.717, 1.165) is 0 Å². The molecule has 1 aromatic rings. The Morgan fingerprint density at radius 1 is 1.28 bits per heavy atom. The van der Waals surface area contributed by atoms with Gasteiger partial charge < -0.3 is 15.1 Å². The highest BCUT2D eigenvalue weighted by atomic mass is 35.5. The molecule has 0 aliphatic carbocycles. The fraction of sp³-hybridized carbons (Fsp3) is 0.333. The number of aliphatic carboxylic acids is 1. The molecule has 0 aromatic heterocycles. The van der Waals surface area contributed by atoms with Crippen LogP contribution in [0.5, 0.6) is 0 Å². The smallest absolute Gasteiger partial charge is 0.326 e. The van der Waals surface area contributed by atoms with E-state index in [0.29, 0.717) is 10.6 Å². The number of aliphatic hydroxyl groups excluding tert-OH is 1. The van der Waals surface area contributed by atoms with Gasteiger partial charge in [0.15, 0.2) is 0 Å². The predicted molar refractivity (Wildman–Crippen MR) is 64.5 cm³/mol. The summed E-state index contributed by atoms with van der Waals surface area (Å²) >= 11 is 5.72. The summed E-state index contributed by atoms with van der Waals surface area (Å²) in [6.07, 6.45) is -0.725. The van der Waals surface area contributed by atoms with Crippen molar-refractivity contribution in [3.8, 4) is 0 Å². The molecular weight excluding hydrogens is 258 g/mol. The van der Waals surface area contributed by atoms with Crippen LogP contribution in [0.3, 0.4) is 0 Å². The van der Waals surface area contributed by atoms with E-state index in [1.54, 1.807) is 12.1 Å². The second kappa shape index (κ2) is 4.96. The van der Waals surface area contributed by atoms with Crippen LogP contribution >= 0.6 is 11.6 Å². The second-order valence-electron chi connectivity index (χ2n) is 4.21. The van der Waals surface area contributed by atoms with Crippen LogP contribution in [0.4, 0.5) is 0 Å². The van der Waals surface area contributed by atoms with Gasteiger partial charge in [0.25, 0.3) is 5.91 Å². The number of carbonyl (C=O) groups is 2. The summed E-state index contributed by atoms with van der Waals surface area (Å²) in [6, 6.07) is 5.24. The van der Waals surface area contributed by atoms with E-state index in [4.69, 9.17) is 16.7 Å². The summed E-state index contributed by atoms with van der Waals surface area (Å²) < 4.78 is 0. The van der Waals surface area contributed by atoms with Crippen LogP contribution in [0.25, 0.3) is 0 Å². The zero-order valence-corrected chi connectivity index (χ0v) is 10.2. The molecule has 1 saturated heterocycles. The molecule has 6 heteroatoms. The molecular formula is C12H12ClNO4. The fourth-order valence-corrected chi connectivity index (χ4v) is 2.16. The lowest BCUT2D eigenvalue weighted by Crippen LogP contribution is -2.40. The molecule has 2 atom stereocenters. The van der Waals surface area contributed by atoms with E-state index in [1.165, 1.54) is 17.0 Å². The van der Waals surface area contributed by atoms with E-state index in [2.05, 4.69) is 0 Å². The van der Waals surface area contributed by atoms with E-state index in [-0.39, 0.29) is 13.0 Å². The summed E-state index contributed by atoms with van der Waals surface area (Å²) in [6.45, 7) is 0.0401. The monoisotopic (exact) mass is 269 g/mol. The first-order valence-corrected chi connectivity index (χ1v) is 5.84. The number of aliphatic hydroxyl groups is 1. The lowest BCUT2D eigenvalue weighted by molar-refractivity contribution is -0.141. The van der Waals surface area contributed by atoms with Gasteiger partial charge in [-0.15, -0.1) is 0 Å². The van der Waals surface area contributed by atoms with Gasteiger partial charge in [0.05, 0.1) is 6.10 Å². The van der Waals surface area contributed by atoms with E-state index in [9.17, 15) is 14.7 Å². The highest BCUT2D eigenvalue weighted by molar-refractivity contribution is 6.30. The van der Waals surface area contributed by atoms with Crippen LogP contribution in [0.2, 0.25) is 5.02 Å². The quantitative estimate of drug-likeness (QED) is 0.840. The number of carbonyl (C=O) groups excluding carboxylic acids is 1. The molecule has 1 aliphatic rings. The molecule has 0 spiro atoms. The summed E-state index contributed by atoms with van der Waals surface area (Å²) in [5.41, 5.74) is 0.361. The molecule has 0 unspecified atom stereocenters. The van der Waals surface area contributed by atoms with Crippen molar-refractivity contribution < 1.29 is 19.8 Å². The molecule has 1 aliphatic heterocycles. The fourth-order valence-electron chi connectivity index (χ4n) is 2.03. The molecule has 1 fully saturated rings. The molecule has 1 amide bonds. The van der Waals surface area contributed by atoms with E-state index >= 15 is 0 Å². The van der Waals surface area contributed by atoms with Crippen molar-refractivity contribution in [1.82, 2.24) is 4.90 Å². The van der Waals surface area contributed by atoms with E-state index < -0.39 is 24.0 Å². The van der Waals surface area contributed by atoms with Crippen molar-refractivity contribution in [2.75, 3.05) is 6.54 Å². The van der Waals surface area contributed by atoms with Crippen LogP contribution in [-0.2, 0) is 4.79 Å². The van der Waals surface area contributed by atoms with Crippen molar-refractivity contribution in [3.63, 3.8) is 0 Å². The maximum atomic E-state index is 12.1. The van der Waals surface area contributed by atoms with Gasteiger partial charge in [0.1, 0.15) is 6.04 Å². The third kappa shape index (κ3) is 2.47. The summed E-state index contributed by atoms with van der Waals surface area (Å²) in [7, 11) is 0. The van der Waals surface area contributed by atoms with Gasteiger partial charge in [-0.2, -0.15) is 0 Å². The summed E-state index contributed by atoms with van der Waals surface area (Å²) in [5.74, 6) is -1.51. The Labute approximate surface area is 109 Å². The number of carboxylic acids is 1. The predicted octanol–water partition coefficient (Wildman–Crippen LogP) is 1.00. The average molecular weight is 270 g/mol. The van der Waals surface area contributed by atoms with Crippen LogP contribution in [-0.4, -0.2) is 45.7 Å². The Morgan fingerprint density at radius 2 is 1.89 bits per heavy atom. The first-order chi connectivity index (χ1) is 8.49. The number of amides is 1. The van der Waals surface area contributed by atoms with Crippen LogP contribution in [0.1, 0.15) is 16.8 Å². The molecule has 2 rings (SSSR count). The average Bonchev–Trinajstić information content (AvgIpc) is 2.71. The zero-order chi connectivity index (χ0) is 13.3. The number of halogens is 1. The van der Waals surface area contributed by atoms with E-state index in [1.807, 2.05) is 0 Å². The molecule has 5 nitrogen and oxygen atoms in total. The van der Waals surface area contributed by atoms with Crippen molar-refractivity contribution in [2.45, 2.75) is 18.6 Å². The minimum absolute atomic E-state index is 0.0401. The lowest BCUT2D eigenvalue weighted by Gasteiger charge is -2.21. The molecule has 96 valence electrons. The zero-order valence-electron chi connectivity index (χ0n) is 9.41. The summed E-state index contributed by atoms with van der Waals surface area (Å²) in [5, 5.41) is 19.0. The van der Waals surface area contributed by atoms with Crippen molar-refractivity contribution in [1.29, 1.82) is 0 Å². The molecule has 18 heavy (non-hydrogen) atoms. The topological polar surface area (TPSA) is 77.8 Å². The Hall–Kier alpha value is -1.59. The number of benzene rings is 1. The van der Waals surface area contributed by atoms with Crippen LogP contribution in [0, 0.1) is 0 Å². The first-order valence-electron chi connectivity index (χ1n) is 5.46. The molecule has 0 saturated carbocycles. The number of β-amino-alcohol motifs (C(OH)–C–C–N with tert-alkyl or cyclic N) is 1. The SMILES string of the molecule is O=C(O)[C@@H]1C[C@@H](O)CN1C(=O)c1ccc(Cl)cc1. The number of nitrogens with zero attached hydrogens (tertiary/aromatic N) is 1. The van der Waals surface area contributed by atoms with Gasteiger partial charge in [0.2, 0.25) is 0 Å². The number of carboxylic acid groups (broad SMARTS) is 1. The third-order valence-electron chi connectivity index (χ3n) is 2.92. The minimum Gasteiger partial charge on any atom is -0.480 e. The standard InChI is InChI=1S/C12H12ClNO4/c13-8-3-1-7(2-4-8)11(16)14-6-9(15)5-10(14)12(17)18/h1-4,9-10,15H,5-6H2,(H,17,18)/t9-,10+/m1/s1. The van der Waals surface area contributed by atoms with Crippen molar-refractivity contribution in [2.24, 2.45) is 0 Å². The Kier molecular flexibility index (Phi) is 3.54. The van der Waals surface area contributed by atoms with Crippen LogP contribution < -0.4 is 0 Å². The Balaban J connectivity index is 2.22. The number of hydrogen-bond donors (Lipinski definition) is 2. The summed E-state index contributed by atoms with van der Waals surface area (Å²) in [4.78, 5) is 24.3. The lowest BCUT2D eigenvalue weighted by atomic mass is 10.1. The molecule has 1 heterocycles. The normalized spacial score (nSPS) is 23.1. The Bertz CT molecular complexity index is 473. The van der Waals surface area contributed by atoms with Gasteiger partial charge in [-0.1, -0.05) is 11.6 Å². The first kappa shape index (κ1) is 12.9. The van der Waals surface area contributed by atoms with Gasteiger partial charge >= 0.3 is 5.97 Å². The molecule has 2 N–H and O–H groups in total. The molecule has 1 aromatic carbocycles. The van der Waals surface area contributed by atoms with Crippen LogP contribution in [0.15, 0.2) is 24.3 Å². The number of likely N-dealkylation sites (tertiary alicyclic amines) is 1. The highest BCUT2D eigenvalue weighted by Crippen LogP contribution is 2.21. The van der Waals surface area contributed by atoms with Crippen molar-refractivity contribution in [3.05, 3.63) is 34.9 Å². The van der Waals surface area contributed by atoms with Gasteiger partial charge in [0, 0.05) is 23.6 Å². The molecule has 0 bridgehead atoms. The highest BCUT2D eigenvalue weighted by Gasteiger charge is 2.39.